The molecule has 88 valence electrons. The second-order valence-electron chi connectivity index (χ2n) is 3.85. The molecule has 2 rings (SSSR count). The van der Waals surface area contributed by atoms with Crippen molar-refractivity contribution in [1.29, 1.82) is 0 Å². The maximum atomic E-state index is 12.1. The highest BCUT2D eigenvalue weighted by molar-refractivity contribution is 7.12. The molecule has 0 aliphatic heterocycles. The van der Waals surface area contributed by atoms with Gasteiger partial charge in [-0.1, -0.05) is 30.7 Å². The summed E-state index contributed by atoms with van der Waals surface area (Å²) in [5, 5.41) is 2.68. The smallest absolute Gasteiger partial charge is 0.177 e. The van der Waals surface area contributed by atoms with Gasteiger partial charge in [0.25, 0.3) is 0 Å². The van der Waals surface area contributed by atoms with E-state index in [9.17, 15) is 4.79 Å². The van der Waals surface area contributed by atoms with Gasteiger partial charge < -0.3 is 0 Å². The van der Waals surface area contributed by atoms with Crippen LogP contribution in [0, 0.1) is 0 Å². The number of hydrogen-bond donors (Lipinski definition) is 0. The first kappa shape index (κ1) is 12.3. The lowest BCUT2D eigenvalue weighted by Gasteiger charge is -2.02. The molecule has 0 amide bonds. The minimum atomic E-state index is 0.194. The Bertz CT molecular complexity index is 513. The second kappa shape index (κ2) is 5.48. The molecule has 2 aromatic rings. The molecular weight excluding hydrogens is 252 g/mol. The molecule has 3 heteroatoms. The number of aryl methyl sites for hydroxylation is 1. The van der Waals surface area contributed by atoms with E-state index < -0.39 is 0 Å². The third-order valence-electron chi connectivity index (χ3n) is 2.66. The molecule has 0 unspecified atom stereocenters. The summed E-state index contributed by atoms with van der Waals surface area (Å²) >= 11 is 7.34. The zero-order chi connectivity index (χ0) is 12.3. The van der Waals surface area contributed by atoms with Crippen molar-refractivity contribution in [2.75, 3.05) is 0 Å². The summed E-state index contributed by atoms with van der Waals surface area (Å²) in [6, 6.07) is 9.47. The summed E-state index contributed by atoms with van der Waals surface area (Å²) in [5.41, 5.74) is 2.16. The number of carbonyl (C=O) groups is 1. The van der Waals surface area contributed by atoms with Gasteiger partial charge in [-0.3, -0.25) is 4.79 Å². The lowest BCUT2D eigenvalue weighted by Crippen LogP contribution is -2.03. The highest BCUT2D eigenvalue weighted by Gasteiger charge is 2.12. The number of carbonyl (C=O) groups excluding carboxylic acids is 1. The molecule has 1 aromatic carbocycles. The van der Waals surface area contributed by atoms with Gasteiger partial charge in [0.2, 0.25) is 0 Å². The van der Waals surface area contributed by atoms with Crippen molar-refractivity contribution < 1.29 is 4.79 Å². The second-order valence-corrected chi connectivity index (χ2v) is 5.21. The monoisotopic (exact) mass is 264 g/mol. The fourth-order valence-corrected chi connectivity index (χ4v) is 2.79. The van der Waals surface area contributed by atoms with E-state index in [1.165, 1.54) is 11.3 Å². The van der Waals surface area contributed by atoms with E-state index in [1.54, 1.807) is 0 Å². The van der Waals surface area contributed by atoms with Crippen LogP contribution in [-0.4, -0.2) is 5.78 Å². The summed E-state index contributed by atoms with van der Waals surface area (Å²) < 4.78 is 0. The zero-order valence-corrected chi connectivity index (χ0v) is 11.1. The van der Waals surface area contributed by atoms with Crippen LogP contribution in [0.5, 0.6) is 0 Å². The first-order valence-electron chi connectivity index (χ1n) is 5.54. The van der Waals surface area contributed by atoms with Crippen LogP contribution in [0.2, 0.25) is 5.02 Å². The lowest BCUT2D eigenvalue weighted by atomic mass is 10.1. The van der Waals surface area contributed by atoms with Crippen molar-refractivity contribution in [1.82, 2.24) is 0 Å². The quantitative estimate of drug-likeness (QED) is 0.749. The van der Waals surface area contributed by atoms with Crippen LogP contribution >= 0.6 is 22.9 Å². The van der Waals surface area contributed by atoms with Gasteiger partial charge in [0, 0.05) is 11.4 Å². The van der Waals surface area contributed by atoms with Gasteiger partial charge in [-0.2, -0.15) is 0 Å². The molecule has 0 saturated heterocycles. The highest BCUT2D eigenvalue weighted by atomic mass is 35.5. The Hall–Kier alpha value is -1.12. The molecular formula is C14H13ClOS. The fraction of sp³-hybridized carbons (Fsp3) is 0.214. The molecule has 0 fully saturated rings. The van der Waals surface area contributed by atoms with Crippen LogP contribution < -0.4 is 0 Å². The van der Waals surface area contributed by atoms with Crippen LogP contribution in [0.15, 0.2) is 35.7 Å². The number of hydrogen-bond acceptors (Lipinski definition) is 2. The molecule has 0 aliphatic carbocycles. The third-order valence-corrected chi connectivity index (χ3v) is 3.91. The molecule has 0 aliphatic rings. The average molecular weight is 265 g/mol. The van der Waals surface area contributed by atoms with Gasteiger partial charge in [-0.25, -0.2) is 0 Å². The predicted octanol–water partition coefficient (Wildman–Crippen LogP) is 4.39. The van der Waals surface area contributed by atoms with Crippen LogP contribution in [0.25, 0.3) is 0 Å². The van der Waals surface area contributed by atoms with E-state index in [0.29, 0.717) is 11.4 Å². The SMILES string of the molecule is CCc1ccsc1C(=O)Cc1ccc(Cl)cc1. The Balaban J connectivity index is 2.14. The molecule has 1 heterocycles. The van der Waals surface area contributed by atoms with Crippen LogP contribution in [0.1, 0.15) is 27.7 Å². The van der Waals surface area contributed by atoms with E-state index >= 15 is 0 Å². The maximum absolute atomic E-state index is 12.1. The van der Waals surface area contributed by atoms with Gasteiger partial charge in [0.1, 0.15) is 0 Å². The number of ketones is 1. The predicted molar refractivity (Wildman–Crippen MR) is 73.2 cm³/mol. The standard InChI is InChI=1S/C14H13ClOS/c1-2-11-7-8-17-14(11)13(16)9-10-3-5-12(15)6-4-10/h3-8H,2,9H2,1H3. The van der Waals surface area contributed by atoms with Gasteiger partial charge in [-0.05, 0) is 41.1 Å². The van der Waals surface area contributed by atoms with Gasteiger partial charge in [-0.15, -0.1) is 11.3 Å². The van der Waals surface area contributed by atoms with Gasteiger partial charge >= 0.3 is 0 Å². The van der Waals surface area contributed by atoms with Crippen LogP contribution in [-0.2, 0) is 12.8 Å². The van der Waals surface area contributed by atoms with E-state index in [2.05, 4.69) is 6.92 Å². The molecule has 0 saturated carbocycles. The minimum Gasteiger partial charge on any atom is -0.293 e. The molecule has 17 heavy (non-hydrogen) atoms. The average Bonchev–Trinajstić information content (AvgIpc) is 2.80. The summed E-state index contributed by atoms with van der Waals surface area (Å²) in [7, 11) is 0. The van der Waals surface area contributed by atoms with E-state index in [0.717, 1.165) is 22.4 Å². The molecule has 1 aromatic heterocycles. The van der Waals surface area contributed by atoms with Gasteiger partial charge in [0.15, 0.2) is 5.78 Å². The molecule has 0 atom stereocenters. The van der Waals surface area contributed by atoms with Crippen molar-refractivity contribution >= 4 is 28.7 Å². The molecule has 0 bridgehead atoms. The summed E-state index contributed by atoms with van der Waals surface area (Å²) in [4.78, 5) is 13.0. The van der Waals surface area contributed by atoms with Crippen molar-refractivity contribution in [3.8, 4) is 0 Å². The third kappa shape index (κ3) is 2.96. The van der Waals surface area contributed by atoms with E-state index in [4.69, 9.17) is 11.6 Å². The largest absolute Gasteiger partial charge is 0.293 e. The van der Waals surface area contributed by atoms with Crippen molar-refractivity contribution in [2.24, 2.45) is 0 Å². The van der Waals surface area contributed by atoms with Crippen molar-refractivity contribution in [3.63, 3.8) is 0 Å². The topological polar surface area (TPSA) is 17.1 Å². The fourth-order valence-electron chi connectivity index (χ4n) is 1.73. The summed E-state index contributed by atoms with van der Waals surface area (Å²) in [6.07, 6.45) is 1.36. The molecule has 0 spiro atoms. The van der Waals surface area contributed by atoms with Crippen molar-refractivity contribution in [2.45, 2.75) is 19.8 Å². The van der Waals surface area contributed by atoms with E-state index in [-0.39, 0.29) is 5.78 Å². The Morgan fingerprint density at radius 3 is 2.59 bits per heavy atom. The molecule has 0 N–H and O–H groups in total. The van der Waals surface area contributed by atoms with Crippen molar-refractivity contribution in [3.05, 3.63) is 56.7 Å². The lowest BCUT2D eigenvalue weighted by molar-refractivity contribution is 0.0996. The first-order chi connectivity index (χ1) is 8.20. The zero-order valence-electron chi connectivity index (χ0n) is 9.57. The number of halogens is 1. The number of Topliss-reactive ketones (excluding diaryl/α,β-unsaturated/α-hetero) is 1. The Morgan fingerprint density at radius 2 is 1.94 bits per heavy atom. The van der Waals surface area contributed by atoms with Crippen LogP contribution in [0.3, 0.4) is 0 Å². The Kier molecular flexibility index (Phi) is 3.97. The van der Waals surface area contributed by atoms with Gasteiger partial charge in [0.05, 0.1) is 4.88 Å². The maximum Gasteiger partial charge on any atom is 0.177 e. The number of benzene rings is 1. The minimum absolute atomic E-state index is 0.194. The highest BCUT2D eigenvalue weighted by Crippen LogP contribution is 2.20. The molecule has 1 nitrogen and oxygen atoms in total. The summed E-state index contributed by atoms with van der Waals surface area (Å²) in [5.74, 6) is 0.194. The Labute approximate surface area is 110 Å². The van der Waals surface area contributed by atoms with Crippen LogP contribution in [0.4, 0.5) is 0 Å². The Morgan fingerprint density at radius 1 is 1.24 bits per heavy atom. The number of rotatable bonds is 4. The van der Waals surface area contributed by atoms with E-state index in [1.807, 2.05) is 35.7 Å². The molecule has 0 radical (unpaired) electrons. The normalized spacial score (nSPS) is 10.5. The summed E-state index contributed by atoms with van der Waals surface area (Å²) in [6.45, 7) is 2.07. The number of thiophene rings is 1. The first-order valence-corrected chi connectivity index (χ1v) is 6.80.